The first-order chi connectivity index (χ1) is 15.6. The summed E-state index contributed by atoms with van der Waals surface area (Å²) < 4.78 is 5.49. The van der Waals surface area contributed by atoms with E-state index in [1.165, 1.54) is 0 Å². The molecule has 2 amide bonds. The van der Waals surface area contributed by atoms with Gasteiger partial charge in [-0.2, -0.15) is 0 Å². The molecule has 7 nitrogen and oxygen atoms in total. The molecule has 1 aliphatic rings. The van der Waals surface area contributed by atoms with Crippen LogP contribution in [0, 0.1) is 0 Å². The van der Waals surface area contributed by atoms with E-state index < -0.39 is 0 Å². The molecule has 4 rings (SSSR count). The van der Waals surface area contributed by atoms with Crippen LogP contribution in [0.4, 0.5) is 11.4 Å². The van der Waals surface area contributed by atoms with Crippen molar-refractivity contribution in [2.75, 3.05) is 30.9 Å². The molecule has 3 aromatic rings. The average Bonchev–Trinajstić information content (AvgIpc) is 3.22. The number of benzene rings is 3. The van der Waals surface area contributed by atoms with Crippen LogP contribution in [0.15, 0.2) is 60.7 Å². The predicted molar refractivity (Wildman–Crippen MR) is 124 cm³/mol. The SMILES string of the molecule is COc1ccccc1-c1ccc(NC(=O)c2ccc(NCCCO)cc2)c2c1CNC2=O. The summed E-state index contributed by atoms with van der Waals surface area (Å²) in [5.74, 6) is 0.216. The molecule has 0 bridgehead atoms. The molecule has 3 aromatic carbocycles. The number of rotatable bonds is 8. The van der Waals surface area contributed by atoms with Crippen LogP contribution in [0.3, 0.4) is 0 Å². The molecule has 7 heteroatoms. The van der Waals surface area contributed by atoms with Crippen molar-refractivity contribution in [2.24, 2.45) is 0 Å². The van der Waals surface area contributed by atoms with Crippen molar-refractivity contribution in [1.82, 2.24) is 5.32 Å². The second-order valence-corrected chi connectivity index (χ2v) is 7.43. The van der Waals surface area contributed by atoms with Gasteiger partial charge >= 0.3 is 0 Å². The molecule has 0 saturated heterocycles. The molecule has 164 valence electrons. The van der Waals surface area contributed by atoms with Crippen molar-refractivity contribution < 1.29 is 19.4 Å². The molecule has 0 fully saturated rings. The monoisotopic (exact) mass is 431 g/mol. The minimum absolute atomic E-state index is 0.126. The van der Waals surface area contributed by atoms with Crippen molar-refractivity contribution in [2.45, 2.75) is 13.0 Å². The summed E-state index contributed by atoms with van der Waals surface area (Å²) in [7, 11) is 1.62. The molecule has 1 heterocycles. The summed E-state index contributed by atoms with van der Waals surface area (Å²) in [5, 5.41) is 17.8. The van der Waals surface area contributed by atoms with Crippen LogP contribution in [0.5, 0.6) is 5.75 Å². The Bertz CT molecular complexity index is 1140. The van der Waals surface area contributed by atoms with Gasteiger partial charge in [0.2, 0.25) is 0 Å². The number of aliphatic hydroxyl groups excluding tert-OH is 1. The van der Waals surface area contributed by atoms with Gasteiger partial charge in [-0.25, -0.2) is 0 Å². The lowest BCUT2D eigenvalue weighted by Gasteiger charge is -2.15. The Kier molecular flexibility index (Phi) is 6.37. The van der Waals surface area contributed by atoms with Crippen LogP contribution >= 0.6 is 0 Å². The Morgan fingerprint density at radius 1 is 1.06 bits per heavy atom. The van der Waals surface area contributed by atoms with Crippen molar-refractivity contribution in [3.05, 3.63) is 77.4 Å². The van der Waals surface area contributed by atoms with E-state index in [4.69, 9.17) is 9.84 Å². The fourth-order valence-electron chi connectivity index (χ4n) is 3.82. The van der Waals surface area contributed by atoms with E-state index in [-0.39, 0.29) is 18.4 Å². The third kappa shape index (κ3) is 4.29. The number of amides is 2. The van der Waals surface area contributed by atoms with E-state index in [0.717, 1.165) is 28.1 Å². The van der Waals surface area contributed by atoms with Crippen molar-refractivity contribution in [1.29, 1.82) is 0 Å². The van der Waals surface area contributed by atoms with Gasteiger partial charge in [-0.15, -0.1) is 0 Å². The smallest absolute Gasteiger partial charge is 0.255 e. The molecular weight excluding hydrogens is 406 g/mol. The Morgan fingerprint density at radius 3 is 2.59 bits per heavy atom. The topological polar surface area (TPSA) is 99.7 Å². The molecule has 0 atom stereocenters. The fraction of sp³-hybridized carbons (Fsp3) is 0.200. The summed E-state index contributed by atoms with van der Waals surface area (Å²) in [6.07, 6.45) is 0.653. The van der Waals surface area contributed by atoms with Crippen LogP contribution < -0.4 is 20.7 Å². The highest BCUT2D eigenvalue weighted by atomic mass is 16.5. The summed E-state index contributed by atoms with van der Waals surface area (Å²) in [5.41, 5.74) is 4.93. The van der Waals surface area contributed by atoms with Crippen LogP contribution in [0.1, 0.15) is 32.7 Å². The highest BCUT2D eigenvalue weighted by Gasteiger charge is 2.27. The number of methoxy groups -OCH3 is 1. The van der Waals surface area contributed by atoms with Crippen molar-refractivity contribution in [3.63, 3.8) is 0 Å². The standard InChI is InChI=1S/C25H25N3O4/c1-32-22-6-3-2-5-19(22)18-11-12-21(23-20(18)15-27-25(23)31)28-24(30)16-7-9-17(10-8-16)26-13-4-14-29/h2-3,5-12,26,29H,4,13-15H2,1H3,(H,27,31)(H,28,30). The highest BCUT2D eigenvalue weighted by Crippen LogP contribution is 2.38. The van der Waals surface area contributed by atoms with E-state index in [0.29, 0.717) is 36.3 Å². The van der Waals surface area contributed by atoms with E-state index in [2.05, 4.69) is 16.0 Å². The Labute approximate surface area is 186 Å². The Balaban J connectivity index is 1.59. The van der Waals surface area contributed by atoms with E-state index in [1.54, 1.807) is 25.3 Å². The lowest BCUT2D eigenvalue weighted by atomic mass is 9.95. The molecule has 0 aromatic heterocycles. The maximum absolute atomic E-state index is 12.8. The molecular formula is C25H25N3O4. The Morgan fingerprint density at radius 2 is 1.84 bits per heavy atom. The third-order valence-corrected chi connectivity index (χ3v) is 5.42. The van der Waals surface area contributed by atoms with Gasteiger partial charge in [0, 0.05) is 36.5 Å². The summed E-state index contributed by atoms with van der Waals surface area (Å²) >= 11 is 0. The number of carbonyl (C=O) groups is 2. The highest BCUT2D eigenvalue weighted by molar-refractivity contribution is 6.11. The van der Waals surface area contributed by atoms with Gasteiger partial charge in [-0.05, 0) is 53.9 Å². The third-order valence-electron chi connectivity index (χ3n) is 5.42. The van der Waals surface area contributed by atoms with Crippen LogP contribution in [-0.4, -0.2) is 37.2 Å². The second kappa shape index (κ2) is 9.53. The normalized spacial score (nSPS) is 12.1. The molecule has 0 radical (unpaired) electrons. The number of fused-ring (bicyclic) bond motifs is 1. The lowest BCUT2D eigenvalue weighted by Crippen LogP contribution is -2.17. The summed E-state index contributed by atoms with van der Waals surface area (Å²) in [6, 6.07) is 18.4. The zero-order chi connectivity index (χ0) is 22.5. The van der Waals surface area contributed by atoms with Crippen molar-refractivity contribution >= 4 is 23.2 Å². The van der Waals surface area contributed by atoms with Crippen LogP contribution in [0.25, 0.3) is 11.1 Å². The first-order valence-electron chi connectivity index (χ1n) is 10.5. The van der Waals surface area contributed by atoms with E-state index >= 15 is 0 Å². The van der Waals surface area contributed by atoms with Gasteiger partial charge in [-0.3, -0.25) is 9.59 Å². The molecule has 4 N–H and O–H groups in total. The number of anilines is 2. The maximum atomic E-state index is 12.8. The predicted octanol–water partition coefficient (Wildman–Crippen LogP) is 3.65. The number of para-hydroxylation sites is 1. The first kappa shape index (κ1) is 21.4. The number of nitrogens with one attached hydrogen (secondary N) is 3. The number of carbonyl (C=O) groups excluding carboxylic acids is 2. The van der Waals surface area contributed by atoms with Gasteiger partial charge in [0.05, 0.1) is 18.4 Å². The molecule has 0 spiro atoms. The molecule has 0 saturated carbocycles. The fourth-order valence-corrected chi connectivity index (χ4v) is 3.82. The largest absolute Gasteiger partial charge is 0.496 e. The van der Waals surface area contributed by atoms with E-state index in [9.17, 15) is 9.59 Å². The second-order valence-electron chi connectivity index (χ2n) is 7.43. The van der Waals surface area contributed by atoms with Crippen molar-refractivity contribution in [3.8, 4) is 16.9 Å². The summed E-state index contributed by atoms with van der Waals surface area (Å²) in [6.45, 7) is 1.17. The zero-order valence-electron chi connectivity index (χ0n) is 17.8. The zero-order valence-corrected chi connectivity index (χ0v) is 17.8. The van der Waals surface area contributed by atoms with Gasteiger partial charge in [-0.1, -0.05) is 24.3 Å². The first-order valence-corrected chi connectivity index (χ1v) is 10.5. The average molecular weight is 431 g/mol. The molecule has 1 aliphatic heterocycles. The van der Waals surface area contributed by atoms with E-state index in [1.807, 2.05) is 42.5 Å². The molecule has 0 aliphatic carbocycles. The molecule has 32 heavy (non-hydrogen) atoms. The summed E-state index contributed by atoms with van der Waals surface area (Å²) in [4.78, 5) is 25.4. The van der Waals surface area contributed by atoms with Crippen LogP contribution in [0.2, 0.25) is 0 Å². The number of aliphatic hydroxyl groups is 1. The van der Waals surface area contributed by atoms with Gasteiger partial charge < -0.3 is 25.8 Å². The quantitative estimate of drug-likeness (QED) is 0.408. The number of hydrogen-bond acceptors (Lipinski definition) is 5. The van der Waals surface area contributed by atoms with Gasteiger partial charge in [0.25, 0.3) is 11.8 Å². The maximum Gasteiger partial charge on any atom is 0.255 e. The Hall–Kier alpha value is -3.84. The minimum atomic E-state index is -0.293. The number of ether oxygens (including phenoxy) is 1. The molecule has 0 unspecified atom stereocenters. The minimum Gasteiger partial charge on any atom is -0.496 e. The van der Waals surface area contributed by atoms with Gasteiger partial charge in [0.1, 0.15) is 5.75 Å². The van der Waals surface area contributed by atoms with Gasteiger partial charge in [0.15, 0.2) is 0 Å². The van der Waals surface area contributed by atoms with Crippen LogP contribution in [-0.2, 0) is 6.54 Å². The lowest BCUT2D eigenvalue weighted by molar-refractivity contribution is 0.0966. The number of hydrogen-bond donors (Lipinski definition) is 4.